The van der Waals surface area contributed by atoms with Gasteiger partial charge < -0.3 is 10.9 Å². The van der Waals surface area contributed by atoms with Crippen molar-refractivity contribution in [1.82, 2.24) is 9.97 Å². The van der Waals surface area contributed by atoms with Crippen molar-refractivity contribution in [2.24, 2.45) is 5.16 Å². The molecule has 0 spiro atoms. The molecule has 0 aliphatic carbocycles. The first-order chi connectivity index (χ1) is 5.77. The smallest absolute Gasteiger partial charge is 0.220 e. The van der Waals surface area contributed by atoms with E-state index in [1.807, 2.05) is 6.92 Å². The molecule has 1 rings (SSSR count). The lowest BCUT2D eigenvalue weighted by atomic mass is 10.2. The summed E-state index contributed by atoms with van der Waals surface area (Å²) in [5.41, 5.74) is 6.41. The molecular weight excluding hydrogens is 156 g/mol. The number of nitrogens with zero attached hydrogens (tertiary/aromatic N) is 3. The van der Waals surface area contributed by atoms with Gasteiger partial charge in [-0.1, -0.05) is 12.1 Å². The van der Waals surface area contributed by atoms with Crippen molar-refractivity contribution in [1.29, 1.82) is 0 Å². The molecule has 0 aromatic carbocycles. The van der Waals surface area contributed by atoms with Crippen LogP contribution in [0.3, 0.4) is 0 Å². The summed E-state index contributed by atoms with van der Waals surface area (Å²) < 4.78 is 0. The highest BCUT2D eigenvalue weighted by Gasteiger charge is 2.02. The first kappa shape index (κ1) is 8.45. The maximum absolute atomic E-state index is 8.56. The van der Waals surface area contributed by atoms with Crippen molar-refractivity contribution in [2.75, 3.05) is 5.73 Å². The van der Waals surface area contributed by atoms with Crippen LogP contribution in [-0.4, -0.2) is 20.9 Å². The van der Waals surface area contributed by atoms with Gasteiger partial charge in [0.2, 0.25) is 5.95 Å². The molecule has 0 atom stereocenters. The van der Waals surface area contributed by atoms with Gasteiger partial charge in [-0.15, -0.1) is 0 Å². The minimum absolute atomic E-state index is 0.183. The Kier molecular flexibility index (Phi) is 2.57. The number of rotatable bonds is 2. The van der Waals surface area contributed by atoms with Crippen molar-refractivity contribution in [3.63, 3.8) is 0 Å². The lowest BCUT2D eigenvalue weighted by molar-refractivity contribution is 0.318. The molecule has 1 aromatic rings. The Morgan fingerprint density at radius 2 is 2.50 bits per heavy atom. The Hall–Kier alpha value is -1.65. The normalized spacial score (nSPS) is 11.6. The highest BCUT2D eigenvalue weighted by atomic mass is 16.4. The zero-order chi connectivity index (χ0) is 8.97. The van der Waals surface area contributed by atoms with Crippen molar-refractivity contribution in [3.05, 3.63) is 18.0 Å². The second-order valence-electron chi connectivity index (χ2n) is 2.20. The Balaban J connectivity index is 3.02. The summed E-state index contributed by atoms with van der Waals surface area (Å²) in [4.78, 5) is 7.61. The summed E-state index contributed by atoms with van der Waals surface area (Å²) in [7, 11) is 0. The van der Waals surface area contributed by atoms with Gasteiger partial charge in [0.15, 0.2) is 0 Å². The van der Waals surface area contributed by atoms with E-state index in [0.29, 0.717) is 17.8 Å². The van der Waals surface area contributed by atoms with Crippen LogP contribution in [0.2, 0.25) is 0 Å². The summed E-state index contributed by atoms with van der Waals surface area (Å²) in [5.74, 6) is 0.183. The first-order valence-electron chi connectivity index (χ1n) is 3.57. The van der Waals surface area contributed by atoms with E-state index in [-0.39, 0.29) is 5.95 Å². The maximum atomic E-state index is 8.56. The van der Waals surface area contributed by atoms with Crippen LogP contribution in [0.4, 0.5) is 5.95 Å². The highest BCUT2D eigenvalue weighted by Crippen LogP contribution is 2.01. The molecule has 64 valence electrons. The average molecular weight is 166 g/mol. The molecule has 0 amide bonds. The van der Waals surface area contributed by atoms with Crippen LogP contribution in [0, 0.1) is 0 Å². The van der Waals surface area contributed by atoms with E-state index in [1.54, 1.807) is 6.07 Å². The maximum Gasteiger partial charge on any atom is 0.220 e. The summed E-state index contributed by atoms with van der Waals surface area (Å²) in [6, 6.07) is 1.65. The number of aromatic nitrogens is 2. The topological polar surface area (TPSA) is 84.4 Å². The van der Waals surface area contributed by atoms with Gasteiger partial charge >= 0.3 is 0 Å². The Bertz CT molecular complexity index is 297. The fraction of sp³-hybridized carbons (Fsp3) is 0.286. The molecule has 0 aliphatic rings. The van der Waals surface area contributed by atoms with Gasteiger partial charge in [0.1, 0.15) is 5.71 Å². The second kappa shape index (κ2) is 3.66. The quantitative estimate of drug-likeness (QED) is 0.383. The standard InChI is InChI=1S/C7H10N4O/c1-2-5(11-12)6-3-4-9-7(8)10-6/h3-4,12H,2H2,1H3,(H2,8,9,10). The molecule has 0 radical (unpaired) electrons. The summed E-state index contributed by atoms with van der Waals surface area (Å²) in [5, 5.41) is 11.6. The van der Waals surface area contributed by atoms with Gasteiger partial charge in [0.05, 0.1) is 5.69 Å². The van der Waals surface area contributed by atoms with E-state index in [9.17, 15) is 0 Å². The summed E-state index contributed by atoms with van der Waals surface area (Å²) in [6.45, 7) is 1.87. The van der Waals surface area contributed by atoms with Crippen LogP contribution in [0.25, 0.3) is 0 Å². The molecule has 12 heavy (non-hydrogen) atoms. The van der Waals surface area contributed by atoms with Gasteiger partial charge in [-0.25, -0.2) is 9.97 Å². The molecule has 3 N–H and O–H groups in total. The monoisotopic (exact) mass is 166 g/mol. The van der Waals surface area contributed by atoms with Crippen LogP contribution in [0.1, 0.15) is 19.0 Å². The number of nitrogens with two attached hydrogens (primary N) is 1. The SMILES string of the molecule is CCC(=NO)c1ccnc(N)n1. The van der Waals surface area contributed by atoms with Crippen LogP contribution in [0.5, 0.6) is 0 Å². The molecule has 0 saturated carbocycles. The Labute approximate surface area is 69.9 Å². The van der Waals surface area contributed by atoms with Crippen molar-refractivity contribution in [2.45, 2.75) is 13.3 Å². The van der Waals surface area contributed by atoms with Crippen LogP contribution < -0.4 is 5.73 Å². The first-order valence-corrected chi connectivity index (χ1v) is 3.57. The summed E-state index contributed by atoms with van der Waals surface area (Å²) >= 11 is 0. The van der Waals surface area contributed by atoms with E-state index in [1.165, 1.54) is 6.20 Å². The lowest BCUT2D eigenvalue weighted by Gasteiger charge is -1.99. The minimum Gasteiger partial charge on any atom is -0.411 e. The van der Waals surface area contributed by atoms with Gasteiger partial charge in [-0.3, -0.25) is 0 Å². The van der Waals surface area contributed by atoms with Crippen molar-refractivity contribution in [3.8, 4) is 0 Å². The molecule has 1 aromatic heterocycles. The number of hydrogen-bond donors (Lipinski definition) is 2. The largest absolute Gasteiger partial charge is 0.411 e. The van der Waals surface area contributed by atoms with Gasteiger partial charge in [-0.05, 0) is 12.5 Å². The molecule has 1 heterocycles. The van der Waals surface area contributed by atoms with Gasteiger partial charge in [0.25, 0.3) is 0 Å². The fourth-order valence-corrected chi connectivity index (χ4v) is 0.838. The third kappa shape index (κ3) is 1.69. The number of nitrogen functional groups attached to an aromatic ring is 1. The fourth-order valence-electron chi connectivity index (χ4n) is 0.838. The Morgan fingerprint density at radius 1 is 1.75 bits per heavy atom. The minimum atomic E-state index is 0.183. The molecule has 5 heteroatoms. The lowest BCUT2D eigenvalue weighted by Crippen LogP contribution is -2.05. The molecule has 0 bridgehead atoms. The molecule has 0 saturated heterocycles. The van der Waals surface area contributed by atoms with Crippen LogP contribution in [-0.2, 0) is 0 Å². The third-order valence-corrected chi connectivity index (χ3v) is 1.43. The number of anilines is 1. The van der Waals surface area contributed by atoms with E-state index in [4.69, 9.17) is 10.9 Å². The predicted molar refractivity (Wildman–Crippen MR) is 45.1 cm³/mol. The van der Waals surface area contributed by atoms with Crippen LogP contribution >= 0.6 is 0 Å². The summed E-state index contributed by atoms with van der Waals surface area (Å²) in [6.07, 6.45) is 2.13. The molecular formula is C7H10N4O. The van der Waals surface area contributed by atoms with E-state index in [0.717, 1.165) is 0 Å². The second-order valence-corrected chi connectivity index (χ2v) is 2.20. The van der Waals surface area contributed by atoms with E-state index < -0.39 is 0 Å². The van der Waals surface area contributed by atoms with E-state index >= 15 is 0 Å². The highest BCUT2D eigenvalue weighted by molar-refractivity contribution is 5.98. The van der Waals surface area contributed by atoms with Gasteiger partial charge in [-0.2, -0.15) is 0 Å². The zero-order valence-electron chi connectivity index (χ0n) is 6.73. The molecule has 0 unspecified atom stereocenters. The van der Waals surface area contributed by atoms with Crippen LogP contribution in [0.15, 0.2) is 17.4 Å². The van der Waals surface area contributed by atoms with Crippen molar-refractivity contribution >= 4 is 11.7 Å². The predicted octanol–water partition coefficient (Wildman–Crippen LogP) is 0.647. The van der Waals surface area contributed by atoms with E-state index in [2.05, 4.69) is 15.1 Å². The third-order valence-electron chi connectivity index (χ3n) is 1.43. The molecule has 0 fully saturated rings. The van der Waals surface area contributed by atoms with Gasteiger partial charge in [0, 0.05) is 6.20 Å². The number of hydrogen-bond acceptors (Lipinski definition) is 5. The Morgan fingerprint density at radius 3 is 3.00 bits per heavy atom. The van der Waals surface area contributed by atoms with Crippen molar-refractivity contribution < 1.29 is 5.21 Å². The zero-order valence-corrected chi connectivity index (χ0v) is 6.73. The molecule has 5 nitrogen and oxygen atoms in total. The molecule has 0 aliphatic heterocycles. The number of oxime groups is 1. The average Bonchev–Trinajstić information content (AvgIpc) is 2.07.